The number of aromatic amines is 2. The molecule has 2 aromatic rings. The highest BCUT2D eigenvalue weighted by Crippen LogP contribution is 2.16. The molecule has 0 aliphatic rings. The number of nitrogens with zero attached hydrogens (tertiary/aromatic N) is 2. The van der Waals surface area contributed by atoms with Gasteiger partial charge in [-0.15, -0.1) is 0 Å². The Labute approximate surface area is 287 Å². The Kier molecular flexibility index (Phi) is 21.2. The Morgan fingerprint density at radius 2 is 1.40 bits per heavy atom. The van der Waals surface area contributed by atoms with Crippen molar-refractivity contribution in [2.45, 2.75) is 155 Å². The molecule has 0 aliphatic heterocycles. The lowest BCUT2D eigenvalue weighted by atomic mass is 10.0. The SMILES string of the molecule is CCCCCCCCC=CCCCCCCCCCCCC(=O)OCCC(COC(=O)[C@@H](N)C(C)C)Cc1nc2nc(N)[nH]c(=O)c2[nH]1. The number of allylic oxidation sites excluding steroid dienone is 2. The van der Waals surface area contributed by atoms with Crippen molar-refractivity contribution in [3.05, 3.63) is 28.3 Å². The first kappa shape index (κ1) is 41.0. The third-order valence-corrected chi connectivity index (χ3v) is 8.79. The van der Waals surface area contributed by atoms with Crippen molar-refractivity contribution in [2.75, 3.05) is 18.9 Å². The number of hydrogen-bond acceptors (Lipinski definition) is 9. The topological polar surface area (TPSA) is 179 Å². The van der Waals surface area contributed by atoms with Gasteiger partial charge >= 0.3 is 11.9 Å². The van der Waals surface area contributed by atoms with Gasteiger partial charge in [0.1, 0.15) is 11.9 Å². The monoisotopic (exact) mass is 672 g/mol. The van der Waals surface area contributed by atoms with Crippen molar-refractivity contribution in [2.24, 2.45) is 17.6 Å². The van der Waals surface area contributed by atoms with Gasteiger partial charge in [-0.2, -0.15) is 4.98 Å². The zero-order valence-electron chi connectivity index (χ0n) is 30.0. The highest BCUT2D eigenvalue weighted by molar-refractivity contribution is 5.75. The molecular weight excluding hydrogens is 608 g/mol. The summed E-state index contributed by atoms with van der Waals surface area (Å²) in [6.45, 7) is 6.24. The van der Waals surface area contributed by atoms with Crippen molar-refractivity contribution < 1.29 is 19.1 Å². The van der Waals surface area contributed by atoms with E-state index in [4.69, 9.17) is 20.9 Å². The summed E-state index contributed by atoms with van der Waals surface area (Å²) in [6, 6.07) is -0.725. The van der Waals surface area contributed by atoms with Crippen molar-refractivity contribution in [3.63, 3.8) is 0 Å². The predicted molar refractivity (Wildman–Crippen MR) is 193 cm³/mol. The van der Waals surface area contributed by atoms with Gasteiger partial charge in [-0.05, 0) is 44.4 Å². The summed E-state index contributed by atoms with van der Waals surface area (Å²) in [7, 11) is 0. The van der Waals surface area contributed by atoms with Crippen LogP contribution in [-0.4, -0.2) is 51.1 Å². The number of rotatable bonds is 28. The number of esters is 2. The number of hydrogen-bond donors (Lipinski definition) is 4. The fourth-order valence-electron chi connectivity index (χ4n) is 5.61. The fraction of sp³-hybridized carbons (Fsp3) is 0.757. The first-order valence-corrected chi connectivity index (χ1v) is 18.7. The van der Waals surface area contributed by atoms with Crippen LogP contribution in [0.3, 0.4) is 0 Å². The summed E-state index contributed by atoms with van der Waals surface area (Å²) in [5.41, 5.74) is 11.6. The van der Waals surface area contributed by atoms with Crippen LogP contribution in [0.15, 0.2) is 16.9 Å². The maximum absolute atomic E-state index is 12.4. The van der Waals surface area contributed by atoms with Crippen molar-refractivity contribution in [1.29, 1.82) is 0 Å². The van der Waals surface area contributed by atoms with Gasteiger partial charge in [-0.3, -0.25) is 19.4 Å². The number of imidazole rings is 1. The molecule has 6 N–H and O–H groups in total. The molecule has 11 heteroatoms. The summed E-state index contributed by atoms with van der Waals surface area (Å²) < 4.78 is 11.0. The Morgan fingerprint density at radius 1 is 0.812 bits per heavy atom. The van der Waals surface area contributed by atoms with E-state index in [9.17, 15) is 14.4 Å². The summed E-state index contributed by atoms with van der Waals surface area (Å²) in [5, 5.41) is 0. The number of anilines is 1. The van der Waals surface area contributed by atoms with E-state index in [1.54, 1.807) is 0 Å². The average Bonchev–Trinajstić information content (AvgIpc) is 3.46. The maximum atomic E-state index is 12.4. The Bertz CT molecular complexity index is 1260. The van der Waals surface area contributed by atoms with Gasteiger partial charge in [-0.25, -0.2) is 4.98 Å². The van der Waals surface area contributed by atoms with E-state index >= 15 is 0 Å². The predicted octanol–water partition coefficient (Wildman–Crippen LogP) is 7.44. The summed E-state index contributed by atoms with van der Waals surface area (Å²) in [6.07, 6.45) is 27.3. The van der Waals surface area contributed by atoms with Gasteiger partial charge in [0.05, 0.1) is 13.2 Å². The lowest BCUT2D eigenvalue weighted by Crippen LogP contribution is -2.38. The summed E-state index contributed by atoms with van der Waals surface area (Å²) >= 11 is 0. The van der Waals surface area contributed by atoms with Crippen LogP contribution in [0.4, 0.5) is 5.95 Å². The first-order chi connectivity index (χ1) is 23.2. The number of nitrogens with two attached hydrogens (primary N) is 2. The number of nitrogens with one attached hydrogen (secondary N) is 2. The number of fused-ring (bicyclic) bond motifs is 1. The van der Waals surface area contributed by atoms with Gasteiger partial charge in [-0.1, -0.05) is 110 Å². The van der Waals surface area contributed by atoms with Crippen molar-refractivity contribution in [1.82, 2.24) is 19.9 Å². The smallest absolute Gasteiger partial charge is 0.323 e. The normalized spacial score (nSPS) is 13.0. The molecule has 0 saturated heterocycles. The number of ether oxygens (including phenoxy) is 2. The molecule has 11 nitrogen and oxygen atoms in total. The highest BCUT2D eigenvalue weighted by Gasteiger charge is 2.22. The molecule has 272 valence electrons. The van der Waals surface area contributed by atoms with Crippen LogP contribution >= 0.6 is 0 Å². The summed E-state index contributed by atoms with van der Waals surface area (Å²) in [4.78, 5) is 50.8. The van der Waals surface area contributed by atoms with Crippen molar-refractivity contribution in [3.8, 4) is 0 Å². The molecule has 0 spiro atoms. The minimum absolute atomic E-state index is 0.0197. The molecule has 2 aromatic heterocycles. The largest absolute Gasteiger partial charge is 0.466 e. The number of carbonyl (C=O) groups is 2. The molecule has 48 heavy (non-hydrogen) atoms. The molecule has 0 fully saturated rings. The second-order valence-corrected chi connectivity index (χ2v) is 13.6. The molecule has 2 atom stereocenters. The Balaban J connectivity index is 1.57. The quantitative estimate of drug-likeness (QED) is 0.0406. The van der Waals surface area contributed by atoms with Gasteiger partial charge < -0.3 is 25.9 Å². The minimum Gasteiger partial charge on any atom is -0.466 e. The third-order valence-electron chi connectivity index (χ3n) is 8.79. The molecule has 0 bridgehead atoms. The number of H-pyrrole nitrogens is 2. The molecule has 2 heterocycles. The molecular formula is C37H64N6O5. The van der Waals surface area contributed by atoms with Gasteiger partial charge in [0, 0.05) is 18.8 Å². The van der Waals surface area contributed by atoms with Crippen molar-refractivity contribution >= 4 is 29.1 Å². The van der Waals surface area contributed by atoms with Crippen LogP contribution in [0.1, 0.15) is 149 Å². The molecule has 0 aromatic carbocycles. The third kappa shape index (κ3) is 17.8. The van der Waals surface area contributed by atoms with Crippen LogP contribution in [0.5, 0.6) is 0 Å². The molecule has 0 saturated carbocycles. The molecule has 0 aliphatic carbocycles. The van der Waals surface area contributed by atoms with E-state index in [0.717, 1.165) is 19.3 Å². The van der Waals surface area contributed by atoms with Crippen LogP contribution in [0.2, 0.25) is 0 Å². The van der Waals surface area contributed by atoms with Gasteiger partial charge in [0.25, 0.3) is 5.56 Å². The molecule has 0 amide bonds. The zero-order chi connectivity index (χ0) is 35.0. The number of nitrogen functional groups attached to an aromatic ring is 1. The van der Waals surface area contributed by atoms with Crippen LogP contribution < -0.4 is 17.0 Å². The lowest BCUT2D eigenvalue weighted by molar-refractivity contribution is -0.149. The first-order valence-electron chi connectivity index (χ1n) is 18.7. The molecule has 0 radical (unpaired) electrons. The average molecular weight is 673 g/mol. The van der Waals surface area contributed by atoms with E-state index < -0.39 is 17.6 Å². The van der Waals surface area contributed by atoms with E-state index in [1.807, 2.05) is 13.8 Å². The van der Waals surface area contributed by atoms with Gasteiger partial charge in [0.2, 0.25) is 5.95 Å². The molecule has 2 rings (SSSR count). The zero-order valence-corrected chi connectivity index (χ0v) is 30.0. The minimum atomic E-state index is -0.725. The van der Waals surface area contributed by atoms with E-state index in [-0.39, 0.29) is 48.1 Å². The summed E-state index contributed by atoms with van der Waals surface area (Å²) in [5.74, 6) is -0.496. The van der Waals surface area contributed by atoms with E-state index in [1.165, 1.54) is 89.9 Å². The van der Waals surface area contributed by atoms with E-state index in [0.29, 0.717) is 25.1 Å². The van der Waals surface area contributed by atoms with Gasteiger partial charge in [0.15, 0.2) is 11.2 Å². The number of carbonyl (C=O) groups excluding carboxylic acids is 2. The standard InChI is InChI=1S/C37H64N6O5/c1-4-5-6-7-8-9-10-11-12-13-14-15-16-17-18-19-20-21-22-23-31(44)47-25-24-29(27-48-36(46)32(38)28(2)3)26-30-40-33-34(41-30)42-37(39)43-35(33)45/h11-12,28-29,32H,4-10,13-27,38H2,1-3H3,(H4,39,40,41,42,43,45)/t29?,32-/m0/s1. The molecule has 1 unspecified atom stereocenters. The lowest BCUT2D eigenvalue weighted by Gasteiger charge is -2.19. The Hall–Kier alpha value is -3.21. The second kappa shape index (κ2) is 24.9. The van der Waals surface area contributed by atoms with E-state index in [2.05, 4.69) is 39.0 Å². The van der Waals surface area contributed by atoms with Crippen LogP contribution in [0.25, 0.3) is 11.2 Å². The van der Waals surface area contributed by atoms with Crippen LogP contribution in [0, 0.1) is 11.8 Å². The highest BCUT2D eigenvalue weighted by atomic mass is 16.5. The number of aromatic nitrogens is 4. The maximum Gasteiger partial charge on any atom is 0.323 e. The second-order valence-electron chi connectivity index (χ2n) is 13.6. The fourth-order valence-corrected chi connectivity index (χ4v) is 5.61. The van der Waals surface area contributed by atoms with Crippen LogP contribution in [-0.2, 0) is 25.5 Å². The Morgan fingerprint density at radius 3 is 2.00 bits per heavy atom. The number of unbranched alkanes of at least 4 members (excludes halogenated alkanes) is 15.